The van der Waals surface area contributed by atoms with Gasteiger partial charge in [0, 0.05) is 36.3 Å². The minimum absolute atomic E-state index is 0.256. The Balaban J connectivity index is 1.36. The number of hydrogen-bond donors (Lipinski definition) is 1. The number of halogens is 1. The number of benzene rings is 1. The van der Waals surface area contributed by atoms with Crippen LogP contribution in [0.15, 0.2) is 23.8 Å². The van der Waals surface area contributed by atoms with Crippen molar-refractivity contribution in [2.75, 3.05) is 39.3 Å². The number of rotatable bonds is 3. The molecule has 0 bridgehead atoms. The Morgan fingerprint density at radius 3 is 2.69 bits per heavy atom. The first-order valence-electron chi connectivity index (χ1n) is 9.95. The number of ether oxygens (including phenoxy) is 1. The van der Waals surface area contributed by atoms with E-state index in [1.807, 2.05) is 18.2 Å². The van der Waals surface area contributed by atoms with E-state index in [4.69, 9.17) is 16.3 Å². The van der Waals surface area contributed by atoms with Crippen LogP contribution in [0.5, 0.6) is 5.75 Å². The van der Waals surface area contributed by atoms with Gasteiger partial charge in [0.15, 0.2) is 0 Å². The van der Waals surface area contributed by atoms with Gasteiger partial charge in [0.2, 0.25) is 0 Å². The lowest BCUT2D eigenvalue weighted by molar-refractivity contribution is -0.00977. The van der Waals surface area contributed by atoms with E-state index in [0.717, 1.165) is 55.5 Å². The zero-order valence-electron chi connectivity index (χ0n) is 15.4. The van der Waals surface area contributed by atoms with Gasteiger partial charge in [-0.2, -0.15) is 0 Å². The highest BCUT2D eigenvalue weighted by Crippen LogP contribution is 2.30. The van der Waals surface area contributed by atoms with E-state index >= 15 is 0 Å². The highest BCUT2D eigenvalue weighted by atomic mass is 35.5. The standard InChI is InChI=1S/C21H29ClN2O2/c22-18-5-6-21-17(12-18)11-16(15-26-21)13-23-10-7-19(20(25)14-23)24-8-3-1-2-4-9-24/h5-6,11-12,19-20,25H,1-4,7-10,13-15H2/t19-,20-/m1/s1. The van der Waals surface area contributed by atoms with Gasteiger partial charge in [-0.05, 0) is 62.2 Å². The van der Waals surface area contributed by atoms with Gasteiger partial charge in [-0.15, -0.1) is 0 Å². The summed E-state index contributed by atoms with van der Waals surface area (Å²) in [6, 6.07) is 6.08. The van der Waals surface area contributed by atoms with Crippen LogP contribution in [0.2, 0.25) is 5.02 Å². The first kappa shape index (κ1) is 18.3. The first-order chi connectivity index (χ1) is 12.7. The number of nitrogens with zero attached hydrogens (tertiary/aromatic N) is 2. The Morgan fingerprint density at radius 2 is 1.92 bits per heavy atom. The third kappa shape index (κ3) is 4.25. The number of aliphatic hydroxyl groups is 1. The van der Waals surface area contributed by atoms with Crippen molar-refractivity contribution in [2.24, 2.45) is 0 Å². The summed E-state index contributed by atoms with van der Waals surface area (Å²) in [5, 5.41) is 11.5. The summed E-state index contributed by atoms with van der Waals surface area (Å²) in [6.45, 7) is 5.57. The molecule has 3 aliphatic rings. The molecule has 0 aliphatic carbocycles. The number of likely N-dealkylation sites (tertiary alicyclic amines) is 2. The number of piperidine rings is 1. The Bertz CT molecular complexity index is 655. The summed E-state index contributed by atoms with van der Waals surface area (Å²) in [4.78, 5) is 4.90. The molecule has 4 rings (SSSR count). The molecule has 2 saturated heterocycles. The Labute approximate surface area is 161 Å². The van der Waals surface area contributed by atoms with Gasteiger partial charge in [-0.25, -0.2) is 0 Å². The maximum Gasteiger partial charge on any atom is 0.127 e. The minimum atomic E-state index is -0.256. The van der Waals surface area contributed by atoms with Gasteiger partial charge in [-0.1, -0.05) is 24.4 Å². The smallest absolute Gasteiger partial charge is 0.127 e. The maximum absolute atomic E-state index is 10.8. The average Bonchev–Trinajstić information content (AvgIpc) is 2.91. The van der Waals surface area contributed by atoms with Crippen molar-refractivity contribution < 1.29 is 9.84 Å². The number of fused-ring (bicyclic) bond motifs is 1. The number of aliphatic hydroxyl groups excluding tert-OH is 1. The van der Waals surface area contributed by atoms with Crippen LogP contribution in [0.1, 0.15) is 37.7 Å². The minimum Gasteiger partial charge on any atom is -0.489 e. The van der Waals surface area contributed by atoms with Crippen molar-refractivity contribution in [2.45, 2.75) is 44.2 Å². The molecule has 1 aromatic carbocycles. The van der Waals surface area contributed by atoms with E-state index in [1.165, 1.54) is 31.3 Å². The molecule has 2 atom stereocenters. The molecule has 26 heavy (non-hydrogen) atoms. The SMILES string of the molecule is O[C@@H]1CN(CC2=Cc3cc(Cl)ccc3OC2)CC[C@H]1N1CCCCCC1. The third-order valence-corrected chi connectivity index (χ3v) is 6.15. The fourth-order valence-corrected chi connectivity index (χ4v) is 4.74. The lowest BCUT2D eigenvalue weighted by Crippen LogP contribution is -2.54. The Hall–Kier alpha value is -1.07. The first-order valence-corrected chi connectivity index (χ1v) is 10.3. The fraction of sp³-hybridized carbons (Fsp3) is 0.619. The molecule has 0 radical (unpaired) electrons. The summed E-state index contributed by atoms with van der Waals surface area (Å²) in [5.74, 6) is 0.901. The molecule has 142 valence electrons. The number of hydrogen-bond acceptors (Lipinski definition) is 4. The lowest BCUT2D eigenvalue weighted by atomic mass is 9.98. The summed E-state index contributed by atoms with van der Waals surface area (Å²) in [7, 11) is 0. The monoisotopic (exact) mass is 376 g/mol. The predicted octanol–water partition coefficient (Wildman–Crippen LogP) is 3.43. The topological polar surface area (TPSA) is 35.9 Å². The number of β-amino-alcohol motifs (C(OH)–C–C–N with tert-alkyl or cyclic N) is 1. The van der Waals surface area contributed by atoms with E-state index < -0.39 is 0 Å². The molecule has 0 amide bonds. The van der Waals surface area contributed by atoms with E-state index in [1.54, 1.807) is 0 Å². The van der Waals surface area contributed by atoms with E-state index in [0.29, 0.717) is 12.6 Å². The Kier molecular flexibility index (Phi) is 5.84. The van der Waals surface area contributed by atoms with Crippen LogP contribution in [0, 0.1) is 0 Å². The molecule has 0 spiro atoms. The molecule has 1 N–H and O–H groups in total. The summed E-state index contributed by atoms with van der Waals surface area (Å²) in [6.07, 6.45) is 8.22. The van der Waals surface area contributed by atoms with Gasteiger partial charge in [0.1, 0.15) is 12.4 Å². The van der Waals surface area contributed by atoms with Crippen molar-refractivity contribution >= 4 is 17.7 Å². The second-order valence-electron chi connectivity index (χ2n) is 7.88. The van der Waals surface area contributed by atoms with Crippen molar-refractivity contribution in [1.29, 1.82) is 0 Å². The quantitative estimate of drug-likeness (QED) is 0.876. The molecule has 0 unspecified atom stereocenters. The summed E-state index contributed by atoms with van der Waals surface area (Å²) >= 11 is 6.10. The summed E-state index contributed by atoms with van der Waals surface area (Å²) in [5.41, 5.74) is 2.30. The van der Waals surface area contributed by atoms with Gasteiger partial charge < -0.3 is 9.84 Å². The van der Waals surface area contributed by atoms with E-state index in [9.17, 15) is 5.11 Å². The fourth-order valence-electron chi connectivity index (χ4n) is 4.56. The normalized spacial score (nSPS) is 28.0. The van der Waals surface area contributed by atoms with Crippen LogP contribution in [-0.2, 0) is 0 Å². The molecule has 3 aliphatic heterocycles. The zero-order valence-corrected chi connectivity index (χ0v) is 16.1. The molecule has 0 saturated carbocycles. The van der Waals surface area contributed by atoms with Crippen LogP contribution in [0.25, 0.3) is 6.08 Å². The van der Waals surface area contributed by atoms with E-state index in [-0.39, 0.29) is 6.10 Å². The van der Waals surface area contributed by atoms with Crippen molar-refractivity contribution in [3.05, 3.63) is 34.4 Å². The zero-order chi connectivity index (χ0) is 17.9. The lowest BCUT2D eigenvalue weighted by Gasteiger charge is -2.42. The van der Waals surface area contributed by atoms with Crippen molar-refractivity contribution in [1.82, 2.24) is 9.80 Å². The van der Waals surface area contributed by atoms with E-state index in [2.05, 4.69) is 15.9 Å². The largest absolute Gasteiger partial charge is 0.489 e. The molecule has 1 aromatic rings. The molecule has 2 fully saturated rings. The van der Waals surface area contributed by atoms with Crippen LogP contribution < -0.4 is 4.74 Å². The summed E-state index contributed by atoms with van der Waals surface area (Å²) < 4.78 is 5.87. The van der Waals surface area contributed by atoms with Gasteiger partial charge in [-0.3, -0.25) is 9.80 Å². The highest BCUT2D eigenvalue weighted by Gasteiger charge is 2.32. The van der Waals surface area contributed by atoms with Crippen molar-refractivity contribution in [3.8, 4) is 5.75 Å². The maximum atomic E-state index is 10.8. The molecule has 4 nitrogen and oxygen atoms in total. The molecular formula is C21H29ClN2O2. The van der Waals surface area contributed by atoms with Crippen LogP contribution in [0.3, 0.4) is 0 Å². The van der Waals surface area contributed by atoms with Gasteiger partial charge in [0.05, 0.1) is 6.10 Å². The van der Waals surface area contributed by atoms with Gasteiger partial charge in [0.25, 0.3) is 0 Å². The third-order valence-electron chi connectivity index (χ3n) is 5.91. The highest BCUT2D eigenvalue weighted by molar-refractivity contribution is 6.30. The molecule has 0 aromatic heterocycles. The van der Waals surface area contributed by atoms with Crippen LogP contribution in [-0.4, -0.2) is 66.4 Å². The second-order valence-corrected chi connectivity index (χ2v) is 8.32. The molecule has 3 heterocycles. The predicted molar refractivity (Wildman–Crippen MR) is 106 cm³/mol. The Morgan fingerprint density at radius 1 is 1.12 bits per heavy atom. The van der Waals surface area contributed by atoms with Crippen LogP contribution >= 0.6 is 11.6 Å². The average molecular weight is 377 g/mol. The second kappa shape index (κ2) is 8.30. The molecule has 5 heteroatoms. The molecular weight excluding hydrogens is 348 g/mol. The van der Waals surface area contributed by atoms with Crippen LogP contribution in [0.4, 0.5) is 0 Å². The van der Waals surface area contributed by atoms with Gasteiger partial charge >= 0.3 is 0 Å². The van der Waals surface area contributed by atoms with Crippen molar-refractivity contribution in [3.63, 3.8) is 0 Å².